The fraction of sp³-hybridized carbons (Fsp3) is 0.235. The fourth-order valence-corrected chi connectivity index (χ4v) is 2.92. The van der Waals surface area contributed by atoms with Gasteiger partial charge < -0.3 is 10.2 Å². The summed E-state index contributed by atoms with van der Waals surface area (Å²) in [7, 11) is 0. The number of carbonyl (C=O) groups excluding carboxylic acids is 2. The molecule has 2 aromatic rings. The summed E-state index contributed by atoms with van der Waals surface area (Å²) >= 11 is 6.02. The van der Waals surface area contributed by atoms with Crippen LogP contribution >= 0.6 is 11.6 Å². The third-order valence-electron chi connectivity index (χ3n) is 3.91. The highest BCUT2D eigenvalue weighted by molar-refractivity contribution is 6.33. The molecule has 1 aliphatic rings. The summed E-state index contributed by atoms with van der Waals surface area (Å²) < 4.78 is 0. The topological polar surface area (TPSA) is 62.3 Å². The molecule has 1 N–H and O–H groups in total. The van der Waals surface area contributed by atoms with Crippen LogP contribution in [-0.2, 0) is 11.3 Å². The van der Waals surface area contributed by atoms with Gasteiger partial charge in [-0.15, -0.1) is 0 Å². The maximum atomic E-state index is 12.6. The van der Waals surface area contributed by atoms with Gasteiger partial charge in [0, 0.05) is 18.3 Å². The van der Waals surface area contributed by atoms with E-state index in [0.717, 1.165) is 5.56 Å². The number of fused-ring (bicyclic) bond motifs is 1. The summed E-state index contributed by atoms with van der Waals surface area (Å²) in [5.74, 6) is -0.0919. The molecule has 0 bridgehead atoms. The van der Waals surface area contributed by atoms with Gasteiger partial charge in [0.05, 0.1) is 5.02 Å². The Balaban J connectivity index is 1.80. The van der Waals surface area contributed by atoms with Crippen molar-refractivity contribution in [3.8, 4) is 0 Å². The monoisotopic (exact) mass is 329 g/mol. The highest BCUT2D eigenvalue weighted by atomic mass is 35.5. The van der Waals surface area contributed by atoms with Crippen molar-refractivity contribution >= 4 is 29.2 Å². The van der Waals surface area contributed by atoms with Crippen LogP contribution in [-0.4, -0.2) is 27.7 Å². The van der Waals surface area contributed by atoms with Gasteiger partial charge in [0.25, 0.3) is 5.91 Å². The molecule has 0 radical (unpaired) electrons. The molecule has 2 amide bonds. The molecule has 118 valence electrons. The van der Waals surface area contributed by atoms with Crippen LogP contribution in [0, 0.1) is 0 Å². The Labute approximate surface area is 139 Å². The van der Waals surface area contributed by atoms with Crippen molar-refractivity contribution in [1.82, 2.24) is 9.88 Å². The minimum absolute atomic E-state index is 0.116. The molecule has 0 saturated carbocycles. The Kier molecular flexibility index (Phi) is 4.30. The summed E-state index contributed by atoms with van der Waals surface area (Å²) in [6.45, 7) is 2.32. The number of aromatic nitrogens is 1. The van der Waals surface area contributed by atoms with Gasteiger partial charge in [0.15, 0.2) is 5.82 Å². The van der Waals surface area contributed by atoms with Crippen molar-refractivity contribution in [3.05, 3.63) is 58.7 Å². The molecule has 1 aromatic heterocycles. The summed E-state index contributed by atoms with van der Waals surface area (Å²) in [4.78, 5) is 30.7. The fourth-order valence-electron chi connectivity index (χ4n) is 2.75. The summed E-state index contributed by atoms with van der Waals surface area (Å²) in [6, 6.07) is 10.2. The number of amides is 2. The Bertz CT molecular complexity index is 763. The Morgan fingerprint density at radius 3 is 2.83 bits per heavy atom. The largest absolute Gasteiger partial charge is 0.322 e. The predicted octanol–water partition coefficient (Wildman–Crippen LogP) is 3.11. The van der Waals surface area contributed by atoms with Crippen LogP contribution in [0.3, 0.4) is 0 Å². The molecule has 23 heavy (non-hydrogen) atoms. The van der Waals surface area contributed by atoms with E-state index in [4.69, 9.17) is 11.6 Å². The molecule has 6 heteroatoms. The van der Waals surface area contributed by atoms with E-state index in [0.29, 0.717) is 29.4 Å². The lowest BCUT2D eigenvalue weighted by molar-refractivity contribution is -0.120. The molecule has 3 rings (SSSR count). The van der Waals surface area contributed by atoms with Crippen LogP contribution in [0.1, 0.15) is 29.3 Å². The Morgan fingerprint density at radius 2 is 2.13 bits per heavy atom. The van der Waals surface area contributed by atoms with Crippen molar-refractivity contribution in [2.24, 2.45) is 0 Å². The van der Waals surface area contributed by atoms with E-state index >= 15 is 0 Å². The molecule has 0 unspecified atom stereocenters. The zero-order valence-electron chi connectivity index (χ0n) is 12.6. The van der Waals surface area contributed by atoms with Crippen molar-refractivity contribution in [2.75, 3.05) is 5.32 Å². The van der Waals surface area contributed by atoms with Gasteiger partial charge in [-0.05, 0) is 30.2 Å². The molecule has 2 heterocycles. The minimum Gasteiger partial charge on any atom is -0.322 e. The standard InChI is InChI=1S/C17H16ClN3O2/c1-2-14(16(22)20-15-13(18)8-5-9-19-15)21-10-11-6-3-4-7-12(11)17(21)23/h3-9,14H,2,10H2,1H3,(H,19,20,22)/t14-/m1/s1. The van der Waals surface area contributed by atoms with Crippen LogP contribution in [0.15, 0.2) is 42.6 Å². The molecular weight excluding hydrogens is 314 g/mol. The predicted molar refractivity (Wildman–Crippen MR) is 88.3 cm³/mol. The zero-order chi connectivity index (χ0) is 16.4. The number of carbonyl (C=O) groups is 2. The molecule has 1 aliphatic heterocycles. The number of pyridine rings is 1. The molecule has 0 aliphatic carbocycles. The first kappa shape index (κ1) is 15.5. The summed E-state index contributed by atoms with van der Waals surface area (Å²) in [5.41, 5.74) is 1.61. The minimum atomic E-state index is -0.562. The molecule has 5 nitrogen and oxygen atoms in total. The number of hydrogen-bond acceptors (Lipinski definition) is 3. The Hall–Kier alpha value is -2.40. The van der Waals surface area contributed by atoms with E-state index in [1.807, 2.05) is 25.1 Å². The average molecular weight is 330 g/mol. The SMILES string of the molecule is CC[C@H](C(=O)Nc1ncccc1Cl)N1Cc2ccccc2C1=O. The van der Waals surface area contributed by atoms with Crippen molar-refractivity contribution in [1.29, 1.82) is 0 Å². The number of anilines is 1. The smallest absolute Gasteiger partial charge is 0.255 e. The van der Waals surface area contributed by atoms with Crippen molar-refractivity contribution < 1.29 is 9.59 Å². The number of rotatable bonds is 4. The molecule has 0 fully saturated rings. The van der Waals surface area contributed by atoms with E-state index in [9.17, 15) is 9.59 Å². The van der Waals surface area contributed by atoms with Gasteiger partial charge in [0.2, 0.25) is 5.91 Å². The number of halogens is 1. The summed E-state index contributed by atoms with van der Waals surface area (Å²) in [5, 5.41) is 3.08. The van der Waals surface area contributed by atoms with Crippen LogP contribution in [0.4, 0.5) is 5.82 Å². The number of hydrogen-bond donors (Lipinski definition) is 1. The number of nitrogens with zero attached hydrogens (tertiary/aromatic N) is 2. The maximum Gasteiger partial charge on any atom is 0.255 e. The third kappa shape index (κ3) is 2.92. The Morgan fingerprint density at radius 1 is 1.35 bits per heavy atom. The second-order valence-corrected chi connectivity index (χ2v) is 5.74. The van der Waals surface area contributed by atoms with Crippen molar-refractivity contribution in [3.63, 3.8) is 0 Å². The highest BCUT2D eigenvalue weighted by Gasteiger charge is 2.35. The molecule has 0 saturated heterocycles. The molecule has 1 aromatic carbocycles. The van der Waals surface area contributed by atoms with Gasteiger partial charge in [0.1, 0.15) is 6.04 Å². The number of benzene rings is 1. The second-order valence-electron chi connectivity index (χ2n) is 5.34. The number of nitrogens with one attached hydrogen (secondary N) is 1. The zero-order valence-corrected chi connectivity index (χ0v) is 13.4. The third-order valence-corrected chi connectivity index (χ3v) is 4.22. The quantitative estimate of drug-likeness (QED) is 0.937. The van der Waals surface area contributed by atoms with E-state index in [1.54, 1.807) is 29.3 Å². The van der Waals surface area contributed by atoms with E-state index in [1.165, 1.54) is 0 Å². The first-order valence-corrected chi connectivity index (χ1v) is 7.80. The molecular formula is C17H16ClN3O2. The lowest BCUT2D eigenvalue weighted by Gasteiger charge is -2.25. The van der Waals surface area contributed by atoms with Gasteiger partial charge in [-0.1, -0.05) is 36.7 Å². The van der Waals surface area contributed by atoms with E-state index in [-0.39, 0.29) is 11.8 Å². The van der Waals surface area contributed by atoms with Crippen LogP contribution in [0.5, 0.6) is 0 Å². The normalized spacial score (nSPS) is 14.5. The average Bonchev–Trinajstić information content (AvgIpc) is 2.88. The maximum absolute atomic E-state index is 12.6. The van der Waals surface area contributed by atoms with Gasteiger partial charge in [-0.3, -0.25) is 9.59 Å². The van der Waals surface area contributed by atoms with Gasteiger partial charge >= 0.3 is 0 Å². The first-order chi connectivity index (χ1) is 11.1. The van der Waals surface area contributed by atoms with E-state index in [2.05, 4.69) is 10.3 Å². The van der Waals surface area contributed by atoms with Crippen LogP contribution in [0.2, 0.25) is 5.02 Å². The van der Waals surface area contributed by atoms with Crippen molar-refractivity contribution in [2.45, 2.75) is 25.9 Å². The highest BCUT2D eigenvalue weighted by Crippen LogP contribution is 2.26. The second kappa shape index (κ2) is 6.38. The first-order valence-electron chi connectivity index (χ1n) is 7.42. The van der Waals surface area contributed by atoms with Gasteiger partial charge in [-0.2, -0.15) is 0 Å². The van der Waals surface area contributed by atoms with E-state index < -0.39 is 6.04 Å². The van der Waals surface area contributed by atoms with Crippen LogP contribution < -0.4 is 5.32 Å². The molecule has 0 spiro atoms. The molecule has 1 atom stereocenters. The van der Waals surface area contributed by atoms with Gasteiger partial charge in [-0.25, -0.2) is 4.98 Å². The summed E-state index contributed by atoms with van der Waals surface area (Å²) in [6.07, 6.45) is 2.06. The lowest BCUT2D eigenvalue weighted by atomic mass is 10.1. The van der Waals surface area contributed by atoms with Crippen LogP contribution in [0.25, 0.3) is 0 Å². The lowest BCUT2D eigenvalue weighted by Crippen LogP contribution is -2.44.